The van der Waals surface area contributed by atoms with Crippen LogP contribution in [0.4, 0.5) is 0 Å². The van der Waals surface area contributed by atoms with Crippen LogP contribution < -0.4 is 0 Å². The molecule has 2 rings (SSSR count). The van der Waals surface area contributed by atoms with Crippen LogP contribution in [0, 0.1) is 0 Å². The van der Waals surface area contributed by atoms with Crippen molar-refractivity contribution in [2.75, 3.05) is 7.05 Å². The van der Waals surface area contributed by atoms with Crippen LogP contribution in [0.25, 0.3) is 0 Å². The van der Waals surface area contributed by atoms with E-state index in [4.69, 9.17) is 5.11 Å². The first kappa shape index (κ1) is 13.2. The Kier molecular flexibility index (Phi) is 4.26. The Morgan fingerprint density at radius 1 is 1.16 bits per heavy atom. The molecule has 0 bridgehead atoms. The third kappa shape index (κ3) is 3.89. The molecule has 0 spiro atoms. The van der Waals surface area contributed by atoms with Gasteiger partial charge in [-0.15, -0.1) is 0 Å². The lowest BCUT2D eigenvalue weighted by atomic mass is 10.1. The summed E-state index contributed by atoms with van der Waals surface area (Å²) in [4.78, 5) is 17.0. The zero-order valence-corrected chi connectivity index (χ0v) is 10.8. The molecule has 1 heterocycles. The van der Waals surface area contributed by atoms with E-state index in [1.807, 2.05) is 37.5 Å². The number of aromatic carboxylic acids is 1. The van der Waals surface area contributed by atoms with Crippen molar-refractivity contribution in [3.05, 3.63) is 65.5 Å². The fraction of sp³-hybridized carbons (Fsp3) is 0.200. The van der Waals surface area contributed by atoms with Gasteiger partial charge in [0.2, 0.25) is 0 Å². The van der Waals surface area contributed by atoms with Gasteiger partial charge < -0.3 is 5.11 Å². The van der Waals surface area contributed by atoms with Crippen LogP contribution in [0.3, 0.4) is 0 Å². The number of nitrogens with zero attached hydrogens (tertiary/aromatic N) is 2. The van der Waals surface area contributed by atoms with E-state index in [0.717, 1.165) is 24.2 Å². The molecule has 0 radical (unpaired) electrons. The Morgan fingerprint density at radius 2 is 1.84 bits per heavy atom. The molecule has 4 nitrogen and oxygen atoms in total. The Balaban J connectivity index is 1.95. The van der Waals surface area contributed by atoms with E-state index in [2.05, 4.69) is 9.88 Å². The van der Waals surface area contributed by atoms with E-state index in [1.54, 1.807) is 18.3 Å². The molecule has 0 atom stereocenters. The average Bonchev–Trinajstić information content (AvgIpc) is 2.40. The highest BCUT2D eigenvalue weighted by molar-refractivity contribution is 5.87. The smallest absolute Gasteiger partial charge is 0.335 e. The highest BCUT2D eigenvalue weighted by Gasteiger charge is 2.04. The summed E-state index contributed by atoms with van der Waals surface area (Å²) in [6, 6.07) is 10.9. The van der Waals surface area contributed by atoms with E-state index < -0.39 is 5.97 Å². The highest BCUT2D eigenvalue weighted by atomic mass is 16.4. The average molecular weight is 256 g/mol. The molecule has 2 aromatic rings. The van der Waals surface area contributed by atoms with E-state index in [1.165, 1.54) is 0 Å². The summed E-state index contributed by atoms with van der Waals surface area (Å²) >= 11 is 0. The Hall–Kier alpha value is -2.20. The van der Waals surface area contributed by atoms with Crippen molar-refractivity contribution in [2.45, 2.75) is 13.1 Å². The van der Waals surface area contributed by atoms with Crippen LogP contribution in [0.15, 0.2) is 48.8 Å². The molecule has 0 aliphatic carbocycles. The minimum absolute atomic E-state index is 0.318. The lowest BCUT2D eigenvalue weighted by Crippen LogP contribution is -2.17. The van der Waals surface area contributed by atoms with Crippen LogP contribution in [-0.2, 0) is 13.1 Å². The van der Waals surface area contributed by atoms with Gasteiger partial charge in [0, 0.05) is 25.5 Å². The number of aromatic nitrogens is 1. The summed E-state index contributed by atoms with van der Waals surface area (Å²) in [7, 11) is 2.03. The number of pyridine rings is 1. The molecule has 19 heavy (non-hydrogen) atoms. The summed E-state index contributed by atoms with van der Waals surface area (Å²) in [5.74, 6) is -0.893. The predicted molar refractivity (Wildman–Crippen MR) is 72.8 cm³/mol. The van der Waals surface area contributed by atoms with E-state index in [0.29, 0.717) is 5.56 Å². The predicted octanol–water partition coefficient (Wildman–Crippen LogP) is 2.41. The topological polar surface area (TPSA) is 53.4 Å². The minimum Gasteiger partial charge on any atom is -0.478 e. The molecular weight excluding hydrogens is 240 g/mol. The fourth-order valence-electron chi connectivity index (χ4n) is 1.92. The van der Waals surface area contributed by atoms with Crippen LogP contribution >= 0.6 is 0 Å². The molecule has 0 aliphatic rings. The molecule has 0 unspecified atom stereocenters. The lowest BCUT2D eigenvalue weighted by molar-refractivity contribution is 0.0697. The first-order chi connectivity index (χ1) is 9.15. The number of carboxylic acid groups (broad SMARTS) is 1. The molecule has 0 amide bonds. The zero-order chi connectivity index (χ0) is 13.7. The number of carbonyl (C=O) groups is 1. The van der Waals surface area contributed by atoms with Gasteiger partial charge in [-0.1, -0.05) is 18.2 Å². The van der Waals surface area contributed by atoms with Crippen LogP contribution in [0.1, 0.15) is 21.5 Å². The fourth-order valence-corrected chi connectivity index (χ4v) is 1.92. The molecule has 0 saturated heterocycles. The Labute approximate surface area is 112 Å². The standard InChI is InChI=1S/C15H16N2O2/c1-17(11-13-3-2-8-16-9-13)10-12-4-6-14(7-5-12)15(18)19/h2-9H,10-11H2,1H3,(H,18,19). The lowest BCUT2D eigenvalue weighted by Gasteiger charge is -2.16. The number of hydrogen-bond donors (Lipinski definition) is 1. The van der Waals surface area contributed by atoms with Crippen LogP contribution in [0.5, 0.6) is 0 Å². The van der Waals surface area contributed by atoms with Crippen molar-refractivity contribution >= 4 is 5.97 Å². The summed E-state index contributed by atoms with van der Waals surface area (Å²) in [5, 5.41) is 8.84. The Bertz CT molecular complexity index is 538. The van der Waals surface area contributed by atoms with Gasteiger partial charge in [0.1, 0.15) is 0 Å². The van der Waals surface area contributed by atoms with Gasteiger partial charge in [0.15, 0.2) is 0 Å². The maximum atomic E-state index is 10.8. The molecule has 1 aromatic heterocycles. The maximum absolute atomic E-state index is 10.8. The van der Waals surface area contributed by atoms with Gasteiger partial charge in [-0.25, -0.2) is 4.79 Å². The molecular formula is C15H16N2O2. The van der Waals surface area contributed by atoms with Gasteiger partial charge >= 0.3 is 5.97 Å². The first-order valence-corrected chi connectivity index (χ1v) is 6.05. The number of benzene rings is 1. The van der Waals surface area contributed by atoms with Gasteiger partial charge in [-0.2, -0.15) is 0 Å². The quantitative estimate of drug-likeness (QED) is 0.892. The van der Waals surface area contributed by atoms with E-state index in [9.17, 15) is 4.79 Å². The molecule has 0 saturated carbocycles. The van der Waals surface area contributed by atoms with Gasteiger partial charge in [0.25, 0.3) is 0 Å². The van der Waals surface area contributed by atoms with Gasteiger partial charge in [0.05, 0.1) is 5.56 Å². The second-order valence-electron chi connectivity index (χ2n) is 4.54. The molecule has 98 valence electrons. The van der Waals surface area contributed by atoms with Crippen LogP contribution in [-0.4, -0.2) is 28.0 Å². The maximum Gasteiger partial charge on any atom is 0.335 e. The van der Waals surface area contributed by atoms with Crippen molar-refractivity contribution in [2.24, 2.45) is 0 Å². The second kappa shape index (κ2) is 6.11. The van der Waals surface area contributed by atoms with Crippen molar-refractivity contribution < 1.29 is 9.90 Å². The van der Waals surface area contributed by atoms with Gasteiger partial charge in [-0.05, 0) is 36.4 Å². The Morgan fingerprint density at radius 3 is 2.42 bits per heavy atom. The third-order valence-corrected chi connectivity index (χ3v) is 2.83. The van der Waals surface area contributed by atoms with Crippen molar-refractivity contribution in [1.29, 1.82) is 0 Å². The summed E-state index contributed by atoms with van der Waals surface area (Å²) in [6.45, 7) is 1.59. The normalized spacial score (nSPS) is 10.6. The zero-order valence-electron chi connectivity index (χ0n) is 10.8. The molecule has 1 N–H and O–H groups in total. The van der Waals surface area contributed by atoms with Crippen molar-refractivity contribution in [1.82, 2.24) is 9.88 Å². The largest absolute Gasteiger partial charge is 0.478 e. The summed E-state index contributed by atoms with van der Waals surface area (Å²) in [5.41, 5.74) is 2.57. The highest BCUT2D eigenvalue weighted by Crippen LogP contribution is 2.09. The first-order valence-electron chi connectivity index (χ1n) is 6.05. The molecule has 4 heteroatoms. The number of rotatable bonds is 5. The number of hydrogen-bond acceptors (Lipinski definition) is 3. The molecule has 1 aromatic carbocycles. The summed E-state index contributed by atoms with van der Waals surface area (Å²) < 4.78 is 0. The van der Waals surface area contributed by atoms with Gasteiger partial charge in [-0.3, -0.25) is 9.88 Å². The third-order valence-electron chi connectivity index (χ3n) is 2.83. The van der Waals surface area contributed by atoms with Crippen molar-refractivity contribution in [3.63, 3.8) is 0 Å². The minimum atomic E-state index is -0.893. The molecule has 0 fully saturated rings. The number of carboxylic acids is 1. The monoisotopic (exact) mass is 256 g/mol. The van der Waals surface area contributed by atoms with Crippen LogP contribution in [0.2, 0.25) is 0 Å². The van der Waals surface area contributed by atoms with Crippen molar-refractivity contribution in [3.8, 4) is 0 Å². The summed E-state index contributed by atoms with van der Waals surface area (Å²) in [6.07, 6.45) is 3.61. The van der Waals surface area contributed by atoms with E-state index in [-0.39, 0.29) is 0 Å². The van der Waals surface area contributed by atoms with E-state index >= 15 is 0 Å². The molecule has 0 aliphatic heterocycles. The SMILES string of the molecule is CN(Cc1ccc(C(=O)O)cc1)Cc1cccnc1. The second-order valence-corrected chi connectivity index (χ2v) is 4.54.